The highest BCUT2D eigenvalue weighted by molar-refractivity contribution is 8.00. The van der Waals surface area contributed by atoms with Gasteiger partial charge in [0, 0.05) is 29.3 Å². The smallest absolute Gasteiger partial charge is 0.237 e. The van der Waals surface area contributed by atoms with Crippen molar-refractivity contribution in [2.24, 2.45) is 0 Å². The second-order valence-corrected chi connectivity index (χ2v) is 12.1. The maximum atomic E-state index is 13.7. The Morgan fingerprint density at radius 2 is 1.94 bits per heavy atom. The molecular weight excluding hydrogens is 470 g/mol. The van der Waals surface area contributed by atoms with Gasteiger partial charge in [0.1, 0.15) is 5.75 Å². The molecule has 2 aromatic carbocycles. The van der Waals surface area contributed by atoms with Crippen LogP contribution in [0, 0.1) is 11.6 Å². The third-order valence-corrected chi connectivity index (χ3v) is 8.97. The van der Waals surface area contributed by atoms with Crippen molar-refractivity contribution >= 4 is 27.5 Å². The zero-order valence-corrected chi connectivity index (χ0v) is 19.8. The van der Waals surface area contributed by atoms with E-state index in [0.29, 0.717) is 24.9 Å². The molecular formula is C23H26F2N2O4S2. The Hall–Kier alpha value is -2.17. The van der Waals surface area contributed by atoms with Crippen molar-refractivity contribution in [2.45, 2.75) is 41.6 Å². The van der Waals surface area contributed by atoms with Gasteiger partial charge in [0.25, 0.3) is 0 Å². The minimum atomic E-state index is -3.11. The molecule has 2 aliphatic heterocycles. The second kappa shape index (κ2) is 9.99. The number of likely N-dealkylation sites (tertiary alicyclic amines) is 1. The van der Waals surface area contributed by atoms with E-state index in [2.05, 4.69) is 5.32 Å². The summed E-state index contributed by atoms with van der Waals surface area (Å²) in [5.74, 6) is -1.26. The fraction of sp³-hybridized carbons (Fsp3) is 0.435. The topological polar surface area (TPSA) is 75.7 Å². The minimum absolute atomic E-state index is 0.0430. The van der Waals surface area contributed by atoms with E-state index in [1.54, 1.807) is 18.9 Å². The van der Waals surface area contributed by atoms with Gasteiger partial charge in [-0.25, -0.2) is 17.2 Å². The number of hydrogen-bond donors (Lipinski definition) is 1. The molecule has 2 aliphatic rings. The largest absolute Gasteiger partial charge is 0.497 e. The molecule has 0 aliphatic carbocycles. The quantitative estimate of drug-likeness (QED) is 0.635. The van der Waals surface area contributed by atoms with Crippen LogP contribution in [0.1, 0.15) is 18.4 Å². The second-order valence-electron chi connectivity index (χ2n) is 8.45. The number of nitrogens with zero attached hydrogens (tertiary/aromatic N) is 1. The van der Waals surface area contributed by atoms with Crippen molar-refractivity contribution in [3.63, 3.8) is 0 Å². The van der Waals surface area contributed by atoms with Gasteiger partial charge < -0.3 is 10.1 Å². The molecule has 3 atom stereocenters. The highest BCUT2D eigenvalue weighted by Gasteiger charge is 2.39. The molecule has 178 valence electrons. The van der Waals surface area contributed by atoms with Crippen LogP contribution in [0.3, 0.4) is 0 Å². The fourth-order valence-electron chi connectivity index (χ4n) is 4.32. The molecule has 0 saturated carbocycles. The third-order valence-electron chi connectivity index (χ3n) is 5.98. The average molecular weight is 497 g/mol. The summed E-state index contributed by atoms with van der Waals surface area (Å²) < 4.78 is 55.8. The fourth-order valence-corrected chi connectivity index (χ4v) is 7.22. The Balaban J connectivity index is 1.48. The number of benzene rings is 2. The van der Waals surface area contributed by atoms with Gasteiger partial charge in [-0.15, -0.1) is 11.8 Å². The lowest BCUT2D eigenvalue weighted by molar-refractivity contribution is -0.126. The Kier molecular flexibility index (Phi) is 7.25. The summed E-state index contributed by atoms with van der Waals surface area (Å²) in [6, 6.07) is 10.5. The highest BCUT2D eigenvalue weighted by atomic mass is 32.2. The Morgan fingerprint density at radius 1 is 1.18 bits per heavy atom. The summed E-state index contributed by atoms with van der Waals surface area (Å²) in [4.78, 5) is 16.1. The predicted molar refractivity (Wildman–Crippen MR) is 123 cm³/mol. The van der Waals surface area contributed by atoms with Crippen molar-refractivity contribution < 1.29 is 26.7 Å². The van der Waals surface area contributed by atoms with E-state index in [4.69, 9.17) is 4.74 Å². The molecule has 2 fully saturated rings. The van der Waals surface area contributed by atoms with E-state index in [-0.39, 0.29) is 35.2 Å². The minimum Gasteiger partial charge on any atom is -0.497 e. The molecule has 2 saturated heterocycles. The summed E-state index contributed by atoms with van der Waals surface area (Å²) in [5.41, 5.74) is 0.574. The van der Waals surface area contributed by atoms with Gasteiger partial charge in [0.15, 0.2) is 21.5 Å². The Bertz CT molecular complexity index is 1110. The van der Waals surface area contributed by atoms with Crippen LogP contribution in [0.4, 0.5) is 8.78 Å². The number of nitrogens with one attached hydrogen (secondary N) is 1. The predicted octanol–water partition coefficient (Wildman–Crippen LogP) is 3.01. The van der Waals surface area contributed by atoms with Crippen LogP contribution in [0.2, 0.25) is 0 Å². The number of hydrogen-bond acceptors (Lipinski definition) is 6. The molecule has 6 nitrogen and oxygen atoms in total. The molecule has 1 N–H and O–H groups in total. The lowest BCUT2D eigenvalue weighted by Gasteiger charge is -2.25. The van der Waals surface area contributed by atoms with Crippen LogP contribution in [0.5, 0.6) is 5.75 Å². The number of ether oxygens (including phenoxy) is 1. The number of amides is 1. The molecule has 0 unspecified atom stereocenters. The Labute approximate surface area is 196 Å². The normalized spacial score (nSPS) is 24.6. The molecule has 4 rings (SSSR count). The van der Waals surface area contributed by atoms with Crippen LogP contribution in [-0.4, -0.2) is 61.7 Å². The van der Waals surface area contributed by atoms with Crippen molar-refractivity contribution in [1.82, 2.24) is 10.2 Å². The number of sulfone groups is 1. The highest BCUT2D eigenvalue weighted by Crippen LogP contribution is 2.35. The molecule has 0 spiro atoms. The van der Waals surface area contributed by atoms with E-state index in [1.165, 1.54) is 6.07 Å². The first kappa shape index (κ1) is 24.0. The third kappa shape index (κ3) is 6.04. The van der Waals surface area contributed by atoms with Crippen LogP contribution < -0.4 is 10.1 Å². The molecule has 2 heterocycles. The first-order valence-corrected chi connectivity index (χ1v) is 13.4. The summed E-state index contributed by atoms with van der Waals surface area (Å²) in [5, 5.41) is 3.00. The number of carbonyl (C=O) groups excluding carboxylic acids is 1. The number of halogens is 2. The summed E-state index contributed by atoms with van der Waals surface area (Å²) in [6.07, 6.45) is 0.972. The number of rotatable bonds is 7. The first-order chi connectivity index (χ1) is 15.7. The number of thioether (sulfide) groups is 1. The van der Waals surface area contributed by atoms with Gasteiger partial charge >= 0.3 is 0 Å². The van der Waals surface area contributed by atoms with Crippen molar-refractivity contribution in [2.75, 3.05) is 25.2 Å². The van der Waals surface area contributed by atoms with Crippen LogP contribution in [0.15, 0.2) is 47.4 Å². The lowest BCUT2D eigenvalue weighted by Crippen LogP contribution is -2.47. The van der Waals surface area contributed by atoms with Gasteiger partial charge in [-0.2, -0.15) is 0 Å². The van der Waals surface area contributed by atoms with Crippen molar-refractivity contribution in [1.29, 1.82) is 0 Å². The van der Waals surface area contributed by atoms with Crippen molar-refractivity contribution in [3.8, 4) is 5.75 Å². The van der Waals surface area contributed by atoms with E-state index in [1.807, 2.05) is 29.2 Å². The maximum Gasteiger partial charge on any atom is 0.237 e. The monoisotopic (exact) mass is 496 g/mol. The molecule has 33 heavy (non-hydrogen) atoms. The van der Waals surface area contributed by atoms with Gasteiger partial charge in [-0.1, -0.05) is 6.07 Å². The van der Waals surface area contributed by atoms with Gasteiger partial charge in [0.05, 0.1) is 24.7 Å². The summed E-state index contributed by atoms with van der Waals surface area (Å²) in [6.45, 7) is 0.870. The summed E-state index contributed by atoms with van der Waals surface area (Å²) >= 11 is 1.65. The molecule has 0 aromatic heterocycles. The molecule has 10 heteroatoms. The van der Waals surface area contributed by atoms with E-state index >= 15 is 0 Å². The Morgan fingerprint density at radius 3 is 2.58 bits per heavy atom. The van der Waals surface area contributed by atoms with E-state index in [9.17, 15) is 22.0 Å². The molecule has 1 amide bonds. The SMILES string of the molecule is COc1ccc(S[C@@H]2C[C@@H](C(=O)N[C@@H]3CCS(=O)(=O)C3)N(Cc3ccc(F)c(F)c3)C2)cc1. The standard InChI is InChI=1S/C23H26F2N2O4S2/c1-31-17-3-5-18(6-4-17)32-19-11-22(23(28)26-16-8-9-33(29,30)14-16)27(13-19)12-15-2-7-20(24)21(25)10-15/h2-7,10,16,19,22H,8-9,11-14H2,1H3,(H,26,28)/t16-,19-,22+/m1/s1. The van der Waals surface area contributed by atoms with Crippen LogP contribution in [0.25, 0.3) is 0 Å². The maximum absolute atomic E-state index is 13.7. The first-order valence-electron chi connectivity index (χ1n) is 10.7. The van der Waals surface area contributed by atoms with Crippen LogP contribution in [-0.2, 0) is 21.2 Å². The van der Waals surface area contributed by atoms with E-state index in [0.717, 1.165) is 22.8 Å². The zero-order chi connectivity index (χ0) is 23.6. The average Bonchev–Trinajstić information content (AvgIpc) is 3.33. The number of carbonyl (C=O) groups is 1. The molecule has 0 radical (unpaired) electrons. The zero-order valence-electron chi connectivity index (χ0n) is 18.2. The molecule has 2 aromatic rings. The van der Waals surface area contributed by atoms with Gasteiger partial charge in [-0.3, -0.25) is 9.69 Å². The number of methoxy groups -OCH3 is 1. The molecule has 0 bridgehead atoms. The lowest BCUT2D eigenvalue weighted by atomic mass is 10.1. The van der Waals surface area contributed by atoms with Crippen LogP contribution >= 0.6 is 11.8 Å². The van der Waals surface area contributed by atoms with Gasteiger partial charge in [-0.05, 0) is 54.8 Å². The summed E-state index contributed by atoms with van der Waals surface area (Å²) in [7, 11) is -1.51. The van der Waals surface area contributed by atoms with E-state index < -0.39 is 27.5 Å². The van der Waals surface area contributed by atoms with Crippen molar-refractivity contribution in [3.05, 3.63) is 59.7 Å². The van der Waals surface area contributed by atoms with Gasteiger partial charge in [0.2, 0.25) is 5.91 Å².